The van der Waals surface area contributed by atoms with Crippen LogP contribution in [0.3, 0.4) is 0 Å². The number of aliphatic hydroxyl groups excluding tert-OH is 1. The molecule has 1 amide bonds. The van der Waals surface area contributed by atoms with Gasteiger partial charge >= 0.3 is 0 Å². The van der Waals surface area contributed by atoms with Crippen LogP contribution in [0, 0.1) is 13.8 Å². The van der Waals surface area contributed by atoms with Crippen molar-refractivity contribution in [2.45, 2.75) is 46.1 Å². The van der Waals surface area contributed by atoms with Crippen molar-refractivity contribution in [2.75, 3.05) is 19.8 Å². The lowest BCUT2D eigenvalue weighted by Gasteiger charge is -2.25. The standard InChI is InChI=1S/C26H29NO5/c1-4-5-13-31-19-9-7-18(8-10-19)22-21-23(29)20-15-16(2)14-17(3)24(20)32-25(21)26(30)27(22)11-6-12-28/h7-10,14-15,22,28H,4-6,11-13H2,1-3H3. The Morgan fingerprint density at radius 1 is 1.09 bits per heavy atom. The number of unbranched alkanes of at least 4 members (excludes halogenated alkanes) is 1. The fraction of sp³-hybridized carbons (Fsp3) is 0.385. The van der Waals surface area contributed by atoms with Gasteiger partial charge < -0.3 is 19.2 Å². The van der Waals surface area contributed by atoms with E-state index in [4.69, 9.17) is 9.15 Å². The highest BCUT2D eigenvalue weighted by Crippen LogP contribution is 2.39. The Bertz CT molecular complexity index is 1200. The fourth-order valence-electron chi connectivity index (χ4n) is 4.37. The summed E-state index contributed by atoms with van der Waals surface area (Å²) in [5.74, 6) is 0.534. The summed E-state index contributed by atoms with van der Waals surface area (Å²) in [7, 11) is 0. The van der Waals surface area contributed by atoms with Crippen LogP contribution in [0.4, 0.5) is 0 Å². The fourth-order valence-corrected chi connectivity index (χ4v) is 4.37. The molecule has 2 aromatic carbocycles. The number of hydrogen-bond donors (Lipinski definition) is 1. The molecule has 1 aromatic heterocycles. The first kappa shape index (κ1) is 22.1. The van der Waals surface area contributed by atoms with E-state index in [2.05, 4.69) is 6.92 Å². The number of amides is 1. The zero-order chi connectivity index (χ0) is 22.8. The molecule has 3 aromatic rings. The second-order valence-corrected chi connectivity index (χ2v) is 8.38. The average Bonchev–Trinajstić information content (AvgIpc) is 3.06. The van der Waals surface area contributed by atoms with E-state index in [0.29, 0.717) is 36.1 Å². The number of rotatable bonds is 8. The van der Waals surface area contributed by atoms with E-state index in [1.165, 1.54) is 0 Å². The summed E-state index contributed by atoms with van der Waals surface area (Å²) in [6.07, 6.45) is 2.45. The molecular weight excluding hydrogens is 406 g/mol. The predicted molar refractivity (Wildman–Crippen MR) is 123 cm³/mol. The first-order valence-electron chi connectivity index (χ1n) is 11.2. The largest absolute Gasteiger partial charge is 0.494 e. The van der Waals surface area contributed by atoms with Gasteiger partial charge in [0.1, 0.15) is 11.3 Å². The maximum atomic E-state index is 13.6. The van der Waals surface area contributed by atoms with E-state index >= 15 is 0 Å². The van der Waals surface area contributed by atoms with Gasteiger partial charge in [-0.3, -0.25) is 9.59 Å². The Balaban J connectivity index is 1.83. The molecule has 1 unspecified atom stereocenters. The topological polar surface area (TPSA) is 80.0 Å². The Hall–Kier alpha value is -3.12. The van der Waals surface area contributed by atoms with Crippen LogP contribution < -0.4 is 10.2 Å². The molecule has 6 heteroatoms. The minimum absolute atomic E-state index is 0.0430. The third-order valence-electron chi connectivity index (χ3n) is 5.92. The molecule has 0 bridgehead atoms. The number of hydrogen-bond acceptors (Lipinski definition) is 5. The maximum absolute atomic E-state index is 13.6. The van der Waals surface area contributed by atoms with Crippen LogP contribution >= 0.6 is 0 Å². The van der Waals surface area contributed by atoms with Gasteiger partial charge in [0.05, 0.1) is 23.6 Å². The highest BCUT2D eigenvalue weighted by atomic mass is 16.5. The van der Waals surface area contributed by atoms with Gasteiger partial charge in [-0.15, -0.1) is 0 Å². The van der Waals surface area contributed by atoms with Crippen LogP contribution in [0.15, 0.2) is 45.6 Å². The molecule has 1 atom stereocenters. The Labute approximate surface area is 187 Å². The van der Waals surface area contributed by atoms with Crippen molar-refractivity contribution in [1.29, 1.82) is 0 Å². The van der Waals surface area contributed by atoms with Gasteiger partial charge in [0.15, 0.2) is 5.43 Å². The smallest absolute Gasteiger partial charge is 0.290 e. The van der Waals surface area contributed by atoms with Gasteiger partial charge in [-0.1, -0.05) is 31.5 Å². The van der Waals surface area contributed by atoms with Crippen LogP contribution in [0.2, 0.25) is 0 Å². The van der Waals surface area contributed by atoms with Crippen LogP contribution in [0.25, 0.3) is 11.0 Å². The summed E-state index contributed by atoms with van der Waals surface area (Å²) in [5, 5.41) is 9.85. The lowest BCUT2D eigenvalue weighted by molar-refractivity contribution is 0.0716. The highest BCUT2D eigenvalue weighted by molar-refractivity contribution is 5.99. The summed E-state index contributed by atoms with van der Waals surface area (Å²) in [6, 6.07) is 10.7. The average molecular weight is 436 g/mol. The van der Waals surface area contributed by atoms with E-state index in [0.717, 1.165) is 35.3 Å². The molecule has 1 aliphatic rings. The number of aliphatic hydroxyl groups is 1. The highest BCUT2D eigenvalue weighted by Gasteiger charge is 2.42. The lowest BCUT2D eigenvalue weighted by Crippen LogP contribution is -2.31. The van der Waals surface area contributed by atoms with Gasteiger partial charge in [-0.25, -0.2) is 0 Å². The second-order valence-electron chi connectivity index (χ2n) is 8.38. The number of carbonyl (C=O) groups excluding carboxylic acids is 1. The summed E-state index contributed by atoms with van der Waals surface area (Å²) >= 11 is 0. The van der Waals surface area contributed by atoms with Gasteiger partial charge in [0.25, 0.3) is 5.91 Å². The molecule has 0 fully saturated rings. The number of carbonyl (C=O) groups is 1. The molecular formula is C26H29NO5. The molecule has 32 heavy (non-hydrogen) atoms. The number of ether oxygens (including phenoxy) is 1. The summed E-state index contributed by atoms with van der Waals surface area (Å²) in [4.78, 5) is 28.5. The summed E-state index contributed by atoms with van der Waals surface area (Å²) in [6.45, 7) is 6.86. The maximum Gasteiger partial charge on any atom is 0.290 e. The van der Waals surface area contributed by atoms with Crippen molar-refractivity contribution >= 4 is 16.9 Å². The molecule has 6 nitrogen and oxygen atoms in total. The second kappa shape index (κ2) is 9.17. The van der Waals surface area contributed by atoms with Crippen molar-refractivity contribution in [3.63, 3.8) is 0 Å². The Morgan fingerprint density at radius 2 is 1.84 bits per heavy atom. The molecule has 1 N–H and O–H groups in total. The van der Waals surface area contributed by atoms with E-state index in [-0.39, 0.29) is 23.7 Å². The van der Waals surface area contributed by atoms with Gasteiger partial charge in [0.2, 0.25) is 5.76 Å². The van der Waals surface area contributed by atoms with Crippen LogP contribution in [-0.2, 0) is 0 Å². The molecule has 0 radical (unpaired) electrons. The van der Waals surface area contributed by atoms with Gasteiger partial charge in [-0.05, 0) is 61.6 Å². The van der Waals surface area contributed by atoms with Crippen LogP contribution in [-0.4, -0.2) is 35.7 Å². The monoisotopic (exact) mass is 435 g/mol. The normalized spacial score (nSPS) is 15.4. The third kappa shape index (κ3) is 3.91. The zero-order valence-corrected chi connectivity index (χ0v) is 18.8. The number of aryl methyl sites for hydroxylation is 2. The van der Waals surface area contributed by atoms with Crippen molar-refractivity contribution in [3.8, 4) is 5.75 Å². The summed E-state index contributed by atoms with van der Waals surface area (Å²) < 4.78 is 11.8. The van der Waals surface area contributed by atoms with Gasteiger partial charge in [0, 0.05) is 13.2 Å². The molecule has 168 valence electrons. The van der Waals surface area contributed by atoms with E-state index < -0.39 is 6.04 Å². The van der Waals surface area contributed by atoms with Crippen molar-refractivity contribution < 1.29 is 19.1 Å². The molecule has 2 heterocycles. The Morgan fingerprint density at radius 3 is 2.53 bits per heavy atom. The number of benzene rings is 2. The first-order valence-corrected chi connectivity index (χ1v) is 11.2. The third-order valence-corrected chi connectivity index (χ3v) is 5.92. The molecule has 0 saturated carbocycles. The van der Waals surface area contributed by atoms with Crippen molar-refractivity contribution in [1.82, 2.24) is 4.90 Å². The van der Waals surface area contributed by atoms with Gasteiger partial charge in [-0.2, -0.15) is 0 Å². The number of nitrogens with zero attached hydrogens (tertiary/aromatic N) is 1. The minimum Gasteiger partial charge on any atom is -0.494 e. The SMILES string of the molecule is CCCCOc1ccc(C2c3c(oc4c(C)cc(C)cc4c3=O)C(=O)N2CCCO)cc1. The molecule has 0 spiro atoms. The van der Waals surface area contributed by atoms with Crippen molar-refractivity contribution in [2.24, 2.45) is 0 Å². The van der Waals surface area contributed by atoms with E-state index in [9.17, 15) is 14.7 Å². The predicted octanol–water partition coefficient (Wildman–Crippen LogP) is 4.52. The molecule has 0 aliphatic carbocycles. The Kier molecular flexibility index (Phi) is 6.33. The molecule has 4 rings (SSSR count). The van der Waals surface area contributed by atoms with Crippen LogP contribution in [0.1, 0.15) is 65.0 Å². The van der Waals surface area contributed by atoms with E-state index in [1.807, 2.05) is 50.2 Å². The minimum atomic E-state index is -0.560. The lowest BCUT2D eigenvalue weighted by atomic mass is 9.97. The van der Waals surface area contributed by atoms with E-state index in [1.54, 1.807) is 4.90 Å². The molecule has 1 aliphatic heterocycles. The number of fused-ring (bicyclic) bond motifs is 2. The quantitative estimate of drug-likeness (QED) is 0.527. The zero-order valence-electron chi connectivity index (χ0n) is 18.8. The molecule has 0 saturated heterocycles. The van der Waals surface area contributed by atoms with Crippen LogP contribution in [0.5, 0.6) is 5.75 Å². The first-order chi connectivity index (χ1) is 15.5. The summed E-state index contributed by atoms with van der Waals surface area (Å²) in [5.41, 5.74) is 3.25. The van der Waals surface area contributed by atoms with Crippen molar-refractivity contribution in [3.05, 3.63) is 74.6 Å².